The zero-order chi connectivity index (χ0) is 16.7. The van der Waals surface area contributed by atoms with Crippen LogP contribution in [0.1, 0.15) is 18.1 Å². The van der Waals surface area contributed by atoms with Gasteiger partial charge in [-0.05, 0) is 36.3 Å². The van der Waals surface area contributed by atoms with E-state index in [1.807, 2.05) is 42.5 Å². The summed E-state index contributed by atoms with van der Waals surface area (Å²) < 4.78 is 5.23. The molecule has 0 spiro atoms. The number of para-hydroxylation sites is 1. The van der Waals surface area contributed by atoms with Crippen LogP contribution in [0.4, 0.5) is 5.69 Å². The van der Waals surface area contributed by atoms with Crippen LogP contribution in [0.15, 0.2) is 54.1 Å². The zero-order valence-corrected chi connectivity index (χ0v) is 13.2. The molecule has 0 aliphatic carbocycles. The summed E-state index contributed by atoms with van der Waals surface area (Å²) >= 11 is 0. The lowest BCUT2D eigenvalue weighted by Crippen LogP contribution is -2.13. The summed E-state index contributed by atoms with van der Waals surface area (Å²) in [5.41, 5.74) is 2.55. The highest BCUT2D eigenvalue weighted by molar-refractivity contribution is 6.09. The second-order valence-corrected chi connectivity index (χ2v) is 4.92. The van der Waals surface area contributed by atoms with E-state index in [0.717, 1.165) is 6.42 Å². The molecule has 1 N–H and O–H groups in total. The van der Waals surface area contributed by atoms with Crippen molar-refractivity contribution >= 4 is 17.7 Å². The van der Waals surface area contributed by atoms with Crippen LogP contribution < -0.4 is 10.1 Å². The SMILES string of the molecule is CCc1ccc(NC(=O)/C(C#N)=C/c2ccccc2OC)cc1. The summed E-state index contributed by atoms with van der Waals surface area (Å²) in [5, 5.41) is 12.0. The van der Waals surface area contributed by atoms with Crippen LogP contribution >= 0.6 is 0 Å². The topological polar surface area (TPSA) is 62.1 Å². The van der Waals surface area contributed by atoms with Gasteiger partial charge in [0.25, 0.3) is 5.91 Å². The maximum atomic E-state index is 12.3. The Morgan fingerprint density at radius 3 is 2.52 bits per heavy atom. The van der Waals surface area contributed by atoms with Crippen molar-refractivity contribution < 1.29 is 9.53 Å². The number of carbonyl (C=O) groups excluding carboxylic acids is 1. The van der Waals surface area contributed by atoms with Crippen molar-refractivity contribution in [3.8, 4) is 11.8 Å². The van der Waals surface area contributed by atoms with Crippen molar-refractivity contribution in [3.05, 3.63) is 65.2 Å². The summed E-state index contributed by atoms with van der Waals surface area (Å²) in [7, 11) is 1.55. The number of amides is 1. The van der Waals surface area contributed by atoms with E-state index in [1.165, 1.54) is 11.6 Å². The fourth-order valence-electron chi connectivity index (χ4n) is 2.11. The smallest absolute Gasteiger partial charge is 0.266 e. The van der Waals surface area contributed by atoms with Gasteiger partial charge in [-0.1, -0.05) is 37.3 Å². The molecule has 4 nitrogen and oxygen atoms in total. The number of benzene rings is 2. The lowest BCUT2D eigenvalue weighted by Gasteiger charge is -2.07. The summed E-state index contributed by atoms with van der Waals surface area (Å²) in [6.07, 6.45) is 2.46. The summed E-state index contributed by atoms with van der Waals surface area (Å²) in [4.78, 5) is 12.3. The first-order valence-electron chi connectivity index (χ1n) is 7.33. The lowest BCUT2D eigenvalue weighted by molar-refractivity contribution is -0.112. The highest BCUT2D eigenvalue weighted by Crippen LogP contribution is 2.21. The molecule has 0 saturated heterocycles. The average Bonchev–Trinajstić information content (AvgIpc) is 2.60. The molecular weight excluding hydrogens is 288 g/mol. The molecule has 4 heteroatoms. The summed E-state index contributed by atoms with van der Waals surface area (Å²) in [6, 6.07) is 16.7. The third-order valence-corrected chi connectivity index (χ3v) is 3.42. The van der Waals surface area contributed by atoms with Gasteiger partial charge in [-0.15, -0.1) is 0 Å². The standard InChI is InChI=1S/C19H18N2O2/c1-3-14-8-10-17(11-9-14)21-19(22)16(13-20)12-15-6-4-5-7-18(15)23-2/h4-12H,3H2,1-2H3,(H,21,22)/b16-12+. The summed E-state index contributed by atoms with van der Waals surface area (Å²) in [5.74, 6) is 0.169. The van der Waals surface area contributed by atoms with E-state index in [4.69, 9.17) is 4.74 Å². The molecular formula is C19H18N2O2. The van der Waals surface area contributed by atoms with Gasteiger partial charge in [0.1, 0.15) is 17.4 Å². The quantitative estimate of drug-likeness (QED) is 0.675. The minimum atomic E-state index is -0.442. The minimum absolute atomic E-state index is 0.0223. The van der Waals surface area contributed by atoms with Gasteiger partial charge in [0.15, 0.2) is 0 Å². The van der Waals surface area contributed by atoms with E-state index < -0.39 is 5.91 Å². The predicted molar refractivity (Wildman–Crippen MR) is 91.0 cm³/mol. The number of hydrogen-bond acceptors (Lipinski definition) is 3. The molecule has 2 aromatic rings. The van der Waals surface area contributed by atoms with Crippen LogP contribution in [-0.4, -0.2) is 13.0 Å². The van der Waals surface area contributed by atoms with Crippen molar-refractivity contribution in [2.24, 2.45) is 0 Å². The van der Waals surface area contributed by atoms with E-state index >= 15 is 0 Å². The minimum Gasteiger partial charge on any atom is -0.496 e. The third-order valence-electron chi connectivity index (χ3n) is 3.42. The normalized spacial score (nSPS) is 10.7. The number of methoxy groups -OCH3 is 1. The van der Waals surface area contributed by atoms with E-state index in [-0.39, 0.29) is 5.57 Å². The van der Waals surface area contributed by atoms with Gasteiger partial charge >= 0.3 is 0 Å². The van der Waals surface area contributed by atoms with Crippen molar-refractivity contribution in [1.82, 2.24) is 0 Å². The number of nitrogens with zero attached hydrogens (tertiary/aromatic N) is 1. The molecule has 0 heterocycles. The second kappa shape index (κ2) is 7.81. The Balaban J connectivity index is 2.21. The van der Waals surface area contributed by atoms with Crippen molar-refractivity contribution in [2.75, 3.05) is 12.4 Å². The van der Waals surface area contributed by atoms with E-state index in [9.17, 15) is 10.1 Å². The molecule has 116 valence electrons. The zero-order valence-electron chi connectivity index (χ0n) is 13.2. The van der Waals surface area contributed by atoms with Crippen LogP contribution in [0, 0.1) is 11.3 Å². The number of ether oxygens (including phenoxy) is 1. The Labute approximate surface area is 136 Å². The highest BCUT2D eigenvalue weighted by Gasteiger charge is 2.11. The first-order valence-corrected chi connectivity index (χ1v) is 7.33. The van der Waals surface area contributed by atoms with Gasteiger partial charge in [-0.3, -0.25) is 4.79 Å². The number of carbonyl (C=O) groups is 1. The predicted octanol–water partition coefficient (Wildman–Crippen LogP) is 3.80. The molecule has 0 radical (unpaired) electrons. The molecule has 0 aromatic heterocycles. The van der Waals surface area contributed by atoms with Gasteiger partial charge in [-0.2, -0.15) is 5.26 Å². The number of rotatable bonds is 5. The molecule has 0 atom stereocenters. The van der Waals surface area contributed by atoms with Crippen molar-refractivity contribution in [3.63, 3.8) is 0 Å². The lowest BCUT2D eigenvalue weighted by atomic mass is 10.1. The first-order chi connectivity index (χ1) is 11.2. The van der Waals surface area contributed by atoms with Crippen LogP contribution in [0.25, 0.3) is 6.08 Å². The van der Waals surface area contributed by atoms with Crippen LogP contribution in [0.5, 0.6) is 5.75 Å². The van der Waals surface area contributed by atoms with Crippen LogP contribution in [-0.2, 0) is 11.2 Å². The Bertz CT molecular complexity index is 756. The maximum Gasteiger partial charge on any atom is 0.266 e. The fourth-order valence-corrected chi connectivity index (χ4v) is 2.11. The molecule has 1 amide bonds. The van der Waals surface area contributed by atoms with Crippen LogP contribution in [0.2, 0.25) is 0 Å². The molecule has 23 heavy (non-hydrogen) atoms. The van der Waals surface area contributed by atoms with E-state index in [2.05, 4.69) is 12.2 Å². The van der Waals surface area contributed by atoms with Gasteiger partial charge in [0.2, 0.25) is 0 Å². The number of nitriles is 1. The first kappa shape index (κ1) is 16.3. The Morgan fingerprint density at radius 2 is 1.91 bits per heavy atom. The van der Waals surface area contributed by atoms with Gasteiger partial charge in [-0.25, -0.2) is 0 Å². The average molecular weight is 306 g/mol. The molecule has 0 aliphatic heterocycles. The van der Waals surface area contributed by atoms with Crippen molar-refractivity contribution in [2.45, 2.75) is 13.3 Å². The van der Waals surface area contributed by atoms with E-state index in [1.54, 1.807) is 19.2 Å². The molecule has 0 bridgehead atoms. The van der Waals surface area contributed by atoms with Gasteiger partial charge < -0.3 is 10.1 Å². The number of hydrogen-bond donors (Lipinski definition) is 1. The van der Waals surface area contributed by atoms with Gasteiger partial charge in [0.05, 0.1) is 7.11 Å². The molecule has 0 saturated carbocycles. The van der Waals surface area contributed by atoms with E-state index in [0.29, 0.717) is 17.0 Å². The largest absolute Gasteiger partial charge is 0.496 e. The Kier molecular flexibility index (Phi) is 5.54. The molecule has 2 aromatic carbocycles. The van der Waals surface area contributed by atoms with Gasteiger partial charge in [0, 0.05) is 11.3 Å². The molecule has 0 fully saturated rings. The molecule has 0 unspecified atom stereocenters. The fraction of sp³-hybridized carbons (Fsp3) is 0.158. The Morgan fingerprint density at radius 1 is 1.22 bits per heavy atom. The second-order valence-electron chi connectivity index (χ2n) is 4.92. The maximum absolute atomic E-state index is 12.3. The molecule has 2 rings (SSSR count). The number of nitrogens with one attached hydrogen (secondary N) is 1. The number of aryl methyl sites for hydroxylation is 1. The van der Waals surface area contributed by atoms with Crippen LogP contribution in [0.3, 0.4) is 0 Å². The Hall–Kier alpha value is -3.06. The number of anilines is 1. The monoisotopic (exact) mass is 306 g/mol. The van der Waals surface area contributed by atoms with Crippen molar-refractivity contribution in [1.29, 1.82) is 5.26 Å². The third kappa shape index (κ3) is 4.21. The molecule has 0 aliphatic rings. The summed E-state index contributed by atoms with van der Waals surface area (Å²) in [6.45, 7) is 2.07. The highest BCUT2D eigenvalue weighted by atomic mass is 16.5.